The lowest BCUT2D eigenvalue weighted by Gasteiger charge is -2.19. The Morgan fingerprint density at radius 2 is 1.86 bits per heavy atom. The molecule has 0 radical (unpaired) electrons. The number of unbranched alkanes of at least 4 members (excludes halogenated alkanes) is 1. The second kappa shape index (κ2) is 9.54. The fraction of sp³-hybridized carbons (Fsp3) is 0.435. The number of carbonyl (C=O) groups excluding carboxylic acids is 1. The molecule has 0 saturated heterocycles. The number of fused-ring (bicyclic) bond motifs is 1. The largest absolute Gasteiger partial charge is 0.479 e. The van der Waals surface area contributed by atoms with Crippen molar-refractivity contribution in [3.8, 4) is 0 Å². The second-order valence-electron chi connectivity index (χ2n) is 7.56. The quantitative estimate of drug-likeness (QED) is 0.702. The Hall–Kier alpha value is -2.89. The van der Waals surface area contributed by atoms with E-state index in [9.17, 15) is 19.5 Å². The number of carbonyl (C=O) groups is 2. The summed E-state index contributed by atoms with van der Waals surface area (Å²) >= 11 is 0. The molecule has 1 aliphatic rings. The summed E-state index contributed by atoms with van der Waals surface area (Å²) in [5, 5.41) is 12.1. The van der Waals surface area contributed by atoms with Gasteiger partial charge in [0.15, 0.2) is 6.04 Å². The van der Waals surface area contributed by atoms with Crippen molar-refractivity contribution in [2.24, 2.45) is 0 Å². The van der Waals surface area contributed by atoms with Crippen molar-refractivity contribution in [2.75, 3.05) is 0 Å². The summed E-state index contributed by atoms with van der Waals surface area (Å²) in [4.78, 5) is 37.8. The van der Waals surface area contributed by atoms with E-state index in [1.807, 2.05) is 0 Å². The molecule has 1 amide bonds. The second-order valence-corrected chi connectivity index (χ2v) is 7.56. The van der Waals surface area contributed by atoms with Gasteiger partial charge in [-0.05, 0) is 49.3 Å². The third-order valence-electron chi connectivity index (χ3n) is 5.49. The number of amides is 1. The molecular weight excluding hydrogens is 368 g/mol. The minimum Gasteiger partial charge on any atom is -0.479 e. The molecule has 0 aliphatic heterocycles. The summed E-state index contributed by atoms with van der Waals surface area (Å²) in [5.74, 6) is -1.80. The smallest absolute Gasteiger partial charge is 0.330 e. The van der Waals surface area contributed by atoms with Crippen molar-refractivity contribution >= 4 is 11.9 Å². The topological polar surface area (TPSA) is 88.4 Å². The van der Waals surface area contributed by atoms with E-state index in [2.05, 4.69) is 12.2 Å². The molecule has 0 unspecified atom stereocenters. The Kier molecular flexibility index (Phi) is 6.86. The first kappa shape index (κ1) is 20.8. The van der Waals surface area contributed by atoms with Gasteiger partial charge >= 0.3 is 5.97 Å². The number of hydrogen-bond donors (Lipinski definition) is 2. The van der Waals surface area contributed by atoms with Crippen molar-refractivity contribution in [3.63, 3.8) is 0 Å². The fourth-order valence-corrected chi connectivity index (χ4v) is 3.91. The van der Waals surface area contributed by atoms with Crippen molar-refractivity contribution in [1.82, 2.24) is 9.88 Å². The molecular formula is C23H28N2O4. The molecule has 1 aromatic carbocycles. The van der Waals surface area contributed by atoms with Crippen molar-refractivity contribution < 1.29 is 14.7 Å². The molecule has 1 atom stereocenters. The maximum atomic E-state index is 13.1. The fourth-order valence-electron chi connectivity index (χ4n) is 3.91. The number of aliphatic carboxylic acids is 1. The van der Waals surface area contributed by atoms with Crippen LogP contribution in [0.15, 0.2) is 41.2 Å². The summed E-state index contributed by atoms with van der Waals surface area (Å²) in [5.41, 5.74) is 2.25. The Bertz CT molecular complexity index is 934. The molecule has 1 heterocycles. The Labute approximate surface area is 170 Å². The monoisotopic (exact) mass is 396 g/mol. The molecule has 29 heavy (non-hydrogen) atoms. The number of aryl methyl sites for hydroxylation is 1. The lowest BCUT2D eigenvalue weighted by Crippen LogP contribution is -2.39. The van der Waals surface area contributed by atoms with Gasteiger partial charge in [0.2, 0.25) is 0 Å². The summed E-state index contributed by atoms with van der Waals surface area (Å²) in [6, 6.07) is 9.00. The first-order valence-electron chi connectivity index (χ1n) is 10.4. The van der Waals surface area contributed by atoms with Gasteiger partial charge in [-0.3, -0.25) is 9.59 Å². The van der Waals surface area contributed by atoms with E-state index >= 15 is 0 Å². The van der Waals surface area contributed by atoms with Crippen LogP contribution in [0.25, 0.3) is 0 Å². The van der Waals surface area contributed by atoms with Crippen LogP contribution >= 0.6 is 0 Å². The molecule has 6 heteroatoms. The highest BCUT2D eigenvalue weighted by atomic mass is 16.4. The van der Waals surface area contributed by atoms with Crippen LogP contribution < -0.4 is 10.9 Å². The van der Waals surface area contributed by atoms with Crippen LogP contribution in [0.5, 0.6) is 0 Å². The van der Waals surface area contributed by atoms with Crippen molar-refractivity contribution in [1.29, 1.82) is 0 Å². The summed E-state index contributed by atoms with van der Waals surface area (Å²) in [7, 11) is 0. The zero-order valence-corrected chi connectivity index (χ0v) is 16.8. The first-order chi connectivity index (χ1) is 14.0. The standard InChI is InChI=1S/C23H28N2O4/c1-2-3-14-25-19-13-9-5-8-12-17(19)15-18(22(25)27)21(26)24-20(23(28)29)16-10-6-4-7-11-16/h4,6-7,10-11,15,20H,2-3,5,8-9,12-14H2,1H3,(H,24,26)(H,28,29)/t20-/m1/s1. The van der Waals surface area contributed by atoms with E-state index in [0.717, 1.165) is 56.2 Å². The van der Waals surface area contributed by atoms with Crippen LogP contribution in [0.1, 0.15) is 72.2 Å². The molecule has 6 nitrogen and oxygen atoms in total. The summed E-state index contributed by atoms with van der Waals surface area (Å²) in [6.07, 6.45) is 6.67. The van der Waals surface area contributed by atoms with Crippen LogP contribution in [-0.2, 0) is 24.2 Å². The molecule has 1 aromatic heterocycles. The number of pyridine rings is 1. The summed E-state index contributed by atoms with van der Waals surface area (Å²) in [6.45, 7) is 2.65. The number of carboxylic acids is 1. The molecule has 2 N–H and O–H groups in total. The maximum absolute atomic E-state index is 13.1. The predicted molar refractivity (Wildman–Crippen MR) is 111 cm³/mol. The molecule has 0 bridgehead atoms. The van der Waals surface area contributed by atoms with Gasteiger partial charge in [0.05, 0.1) is 0 Å². The van der Waals surface area contributed by atoms with E-state index in [-0.39, 0.29) is 11.1 Å². The van der Waals surface area contributed by atoms with Crippen LogP contribution in [-0.4, -0.2) is 21.6 Å². The highest BCUT2D eigenvalue weighted by molar-refractivity contribution is 5.96. The van der Waals surface area contributed by atoms with Gasteiger partial charge in [-0.1, -0.05) is 50.1 Å². The lowest BCUT2D eigenvalue weighted by molar-refractivity contribution is -0.139. The molecule has 1 aliphatic carbocycles. The Morgan fingerprint density at radius 1 is 1.14 bits per heavy atom. The number of nitrogens with zero attached hydrogens (tertiary/aromatic N) is 1. The van der Waals surface area contributed by atoms with Gasteiger partial charge in [-0.15, -0.1) is 0 Å². The minimum atomic E-state index is -1.20. The van der Waals surface area contributed by atoms with E-state index in [4.69, 9.17) is 0 Å². The molecule has 154 valence electrons. The lowest BCUT2D eigenvalue weighted by atomic mass is 10.0. The summed E-state index contributed by atoms with van der Waals surface area (Å²) < 4.78 is 1.75. The molecule has 0 saturated carbocycles. The van der Waals surface area contributed by atoms with Crippen LogP contribution in [0.4, 0.5) is 0 Å². The van der Waals surface area contributed by atoms with E-state index < -0.39 is 17.9 Å². The average Bonchev–Trinajstić information content (AvgIpc) is 2.96. The SMILES string of the molecule is CCCCn1c2c(cc(C(=O)N[C@@H](C(=O)O)c3ccccc3)c1=O)CCCCC2. The van der Waals surface area contributed by atoms with Crippen LogP contribution in [0.3, 0.4) is 0 Å². The molecule has 0 fully saturated rings. The molecule has 3 rings (SSSR count). The molecule has 2 aromatic rings. The number of aromatic nitrogens is 1. The molecule has 0 spiro atoms. The zero-order valence-electron chi connectivity index (χ0n) is 16.8. The van der Waals surface area contributed by atoms with Crippen molar-refractivity contribution in [3.05, 3.63) is 69.1 Å². The Morgan fingerprint density at radius 3 is 2.55 bits per heavy atom. The van der Waals surface area contributed by atoms with Gasteiger partial charge in [0.1, 0.15) is 5.56 Å². The number of carboxylic acid groups (broad SMARTS) is 1. The van der Waals surface area contributed by atoms with Crippen LogP contribution in [0.2, 0.25) is 0 Å². The van der Waals surface area contributed by atoms with E-state index in [0.29, 0.717) is 12.1 Å². The van der Waals surface area contributed by atoms with Crippen molar-refractivity contribution in [2.45, 2.75) is 64.5 Å². The van der Waals surface area contributed by atoms with Gasteiger partial charge < -0.3 is 15.0 Å². The number of rotatable bonds is 7. The van der Waals surface area contributed by atoms with Gasteiger partial charge in [-0.25, -0.2) is 4.79 Å². The van der Waals surface area contributed by atoms with Gasteiger partial charge in [0, 0.05) is 12.2 Å². The average molecular weight is 396 g/mol. The number of benzene rings is 1. The predicted octanol–water partition coefficient (Wildman–Crippen LogP) is 3.47. The maximum Gasteiger partial charge on any atom is 0.330 e. The highest BCUT2D eigenvalue weighted by Crippen LogP contribution is 2.21. The van der Waals surface area contributed by atoms with E-state index in [1.54, 1.807) is 41.0 Å². The number of hydrogen-bond acceptors (Lipinski definition) is 3. The zero-order chi connectivity index (χ0) is 20.8. The third kappa shape index (κ3) is 4.75. The number of nitrogens with one attached hydrogen (secondary N) is 1. The van der Waals surface area contributed by atoms with Gasteiger partial charge in [0.25, 0.3) is 11.5 Å². The minimum absolute atomic E-state index is 0.0314. The Balaban J connectivity index is 1.98. The van der Waals surface area contributed by atoms with Gasteiger partial charge in [-0.2, -0.15) is 0 Å². The third-order valence-corrected chi connectivity index (χ3v) is 5.49. The normalized spacial score (nSPS) is 14.5. The first-order valence-corrected chi connectivity index (χ1v) is 10.4. The van der Waals surface area contributed by atoms with E-state index in [1.165, 1.54) is 0 Å². The highest BCUT2D eigenvalue weighted by Gasteiger charge is 2.26. The van der Waals surface area contributed by atoms with Crippen LogP contribution in [0, 0.1) is 0 Å².